The van der Waals surface area contributed by atoms with Crippen LogP contribution in [0.5, 0.6) is 0 Å². The second-order valence-electron chi connectivity index (χ2n) is 4.66. The van der Waals surface area contributed by atoms with Crippen molar-refractivity contribution in [1.82, 2.24) is 19.1 Å². The minimum atomic E-state index is -3.51. The van der Waals surface area contributed by atoms with Gasteiger partial charge in [-0.1, -0.05) is 0 Å². The van der Waals surface area contributed by atoms with Gasteiger partial charge >= 0.3 is 0 Å². The molecule has 2 aromatic rings. The molecule has 7 nitrogen and oxygen atoms in total. The Balaban J connectivity index is 2.04. The minimum absolute atomic E-state index is 0.188. The van der Waals surface area contributed by atoms with Gasteiger partial charge < -0.3 is 5.73 Å². The van der Waals surface area contributed by atoms with Crippen LogP contribution in [0.25, 0.3) is 0 Å². The Morgan fingerprint density at radius 2 is 2.05 bits per heavy atom. The summed E-state index contributed by atoms with van der Waals surface area (Å²) in [6.45, 7) is 1.31. The summed E-state index contributed by atoms with van der Waals surface area (Å²) in [5.74, 6) is 0. The zero-order valence-corrected chi connectivity index (χ0v) is 12.7. The summed E-state index contributed by atoms with van der Waals surface area (Å²) >= 11 is 0. The molecule has 0 fully saturated rings. The van der Waals surface area contributed by atoms with Gasteiger partial charge in [0.1, 0.15) is 4.90 Å². The van der Waals surface area contributed by atoms with Crippen LogP contribution in [0.15, 0.2) is 41.8 Å². The number of hydrogen-bond acceptors (Lipinski definition) is 5. The number of pyridine rings is 1. The first-order valence-corrected chi connectivity index (χ1v) is 8.06. The fourth-order valence-corrected chi connectivity index (χ4v) is 3.00. The van der Waals surface area contributed by atoms with Gasteiger partial charge in [-0.3, -0.25) is 9.67 Å². The third-order valence-electron chi connectivity index (χ3n) is 3.14. The van der Waals surface area contributed by atoms with Crippen molar-refractivity contribution in [3.63, 3.8) is 0 Å². The third kappa shape index (κ3) is 3.87. The van der Waals surface area contributed by atoms with Crippen molar-refractivity contribution in [2.45, 2.75) is 17.9 Å². The van der Waals surface area contributed by atoms with E-state index in [1.165, 1.54) is 21.4 Å². The average Bonchev–Trinajstić information content (AvgIpc) is 2.95. The Kier molecular flexibility index (Phi) is 5.05. The van der Waals surface area contributed by atoms with Crippen molar-refractivity contribution < 1.29 is 8.42 Å². The summed E-state index contributed by atoms with van der Waals surface area (Å²) in [5, 5.41) is 4.00. The van der Waals surface area contributed by atoms with Crippen LogP contribution in [0.3, 0.4) is 0 Å². The fraction of sp³-hybridized carbons (Fsp3) is 0.385. The van der Waals surface area contributed by atoms with Crippen LogP contribution in [-0.4, -0.2) is 47.6 Å². The maximum atomic E-state index is 12.4. The van der Waals surface area contributed by atoms with E-state index in [0.717, 1.165) is 5.56 Å². The van der Waals surface area contributed by atoms with Crippen molar-refractivity contribution in [1.29, 1.82) is 0 Å². The van der Waals surface area contributed by atoms with Gasteiger partial charge in [-0.25, -0.2) is 12.7 Å². The standard InChI is InChI=1S/C13H19N5O2S/c1-17(8-4-12-2-6-15-7-3-12)21(19,20)13-10-16-18(11-13)9-5-14/h2-3,6-7,10-11H,4-5,8-9,14H2,1H3. The van der Waals surface area contributed by atoms with E-state index in [4.69, 9.17) is 5.73 Å². The van der Waals surface area contributed by atoms with Crippen LogP contribution < -0.4 is 5.73 Å². The zero-order chi connectivity index (χ0) is 15.3. The highest BCUT2D eigenvalue weighted by Gasteiger charge is 2.22. The van der Waals surface area contributed by atoms with Gasteiger partial charge in [-0.05, 0) is 24.1 Å². The smallest absolute Gasteiger partial charge is 0.245 e. The number of nitrogens with zero attached hydrogens (tertiary/aromatic N) is 4. The van der Waals surface area contributed by atoms with Crippen LogP contribution in [0.2, 0.25) is 0 Å². The molecule has 0 atom stereocenters. The Hall–Kier alpha value is -1.77. The molecule has 0 aliphatic rings. The van der Waals surface area contributed by atoms with E-state index in [1.54, 1.807) is 19.4 Å². The third-order valence-corrected chi connectivity index (χ3v) is 4.95. The first-order chi connectivity index (χ1) is 10.0. The number of sulfonamides is 1. The lowest BCUT2D eigenvalue weighted by Gasteiger charge is -2.15. The average molecular weight is 309 g/mol. The second kappa shape index (κ2) is 6.79. The summed E-state index contributed by atoms with van der Waals surface area (Å²) in [6, 6.07) is 3.75. The molecule has 2 rings (SSSR count). The summed E-state index contributed by atoms with van der Waals surface area (Å²) < 4.78 is 27.7. The number of hydrogen-bond donors (Lipinski definition) is 1. The second-order valence-corrected chi connectivity index (χ2v) is 6.70. The molecule has 0 aliphatic heterocycles. The first kappa shape index (κ1) is 15.6. The van der Waals surface area contributed by atoms with Gasteiger partial charge in [0.2, 0.25) is 10.0 Å². The Labute approximate surface area is 124 Å². The Bertz CT molecular complexity index is 669. The summed E-state index contributed by atoms with van der Waals surface area (Å²) in [4.78, 5) is 4.12. The predicted octanol–water partition coefficient (Wildman–Crippen LogP) is 0.100. The molecule has 114 valence electrons. The summed E-state index contributed by atoms with van der Waals surface area (Å²) in [6.07, 6.45) is 6.88. The molecule has 0 aliphatic carbocycles. The van der Waals surface area contributed by atoms with Gasteiger partial charge in [-0.2, -0.15) is 5.10 Å². The van der Waals surface area contributed by atoms with Gasteiger partial charge in [0.25, 0.3) is 0 Å². The lowest BCUT2D eigenvalue weighted by molar-refractivity contribution is 0.472. The van der Waals surface area contributed by atoms with Crippen LogP contribution >= 0.6 is 0 Å². The zero-order valence-electron chi connectivity index (χ0n) is 11.9. The number of nitrogens with two attached hydrogens (primary N) is 1. The van der Waals surface area contributed by atoms with E-state index in [9.17, 15) is 8.42 Å². The maximum Gasteiger partial charge on any atom is 0.245 e. The molecule has 0 aromatic carbocycles. The van der Waals surface area contributed by atoms with E-state index in [2.05, 4.69) is 10.1 Å². The topological polar surface area (TPSA) is 94.1 Å². The van der Waals surface area contributed by atoms with Crippen LogP contribution in [0, 0.1) is 0 Å². The molecule has 0 unspecified atom stereocenters. The molecule has 2 aromatic heterocycles. The van der Waals surface area contributed by atoms with Crippen molar-refractivity contribution in [2.24, 2.45) is 5.73 Å². The van der Waals surface area contributed by atoms with Gasteiger partial charge in [0.15, 0.2) is 0 Å². The lowest BCUT2D eigenvalue weighted by Crippen LogP contribution is -2.28. The van der Waals surface area contributed by atoms with Crippen molar-refractivity contribution in [3.05, 3.63) is 42.5 Å². The number of aromatic nitrogens is 3. The van der Waals surface area contributed by atoms with E-state index in [0.29, 0.717) is 26.1 Å². The predicted molar refractivity (Wildman–Crippen MR) is 79.0 cm³/mol. The fourth-order valence-electron chi connectivity index (χ4n) is 1.87. The van der Waals surface area contributed by atoms with E-state index < -0.39 is 10.0 Å². The molecule has 0 saturated heterocycles. The highest BCUT2D eigenvalue weighted by molar-refractivity contribution is 7.89. The van der Waals surface area contributed by atoms with Crippen LogP contribution in [0.1, 0.15) is 5.56 Å². The lowest BCUT2D eigenvalue weighted by atomic mass is 10.2. The number of rotatable bonds is 7. The maximum absolute atomic E-state index is 12.4. The molecular formula is C13H19N5O2S. The molecule has 0 saturated carbocycles. The SMILES string of the molecule is CN(CCc1ccncc1)S(=O)(=O)c1cnn(CCN)c1. The number of likely N-dealkylation sites (N-methyl/N-ethyl adjacent to an activating group) is 1. The molecular weight excluding hydrogens is 290 g/mol. The highest BCUT2D eigenvalue weighted by atomic mass is 32.2. The first-order valence-electron chi connectivity index (χ1n) is 6.62. The molecule has 0 bridgehead atoms. The van der Waals surface area contributed by atoms with Gasteiger partial charge in [-0.15, -0.1) is 0 Å². The highest BCUT2D eigenvalue weighted by Crippen LogP contribution is 2.13. The quantitative estimate of drug-likeness (QED) is 0.783. The molecule has 2 N–H and O–H groups in total. The van der Waals surface area contributed by atoms with Crippen LogP contribution in [0.4, 0.5) is 0 Å². The molecule has 8 heteroatoms. The van der Waals surface area contributed by atoms with Crippen LogP contribution in [-0.2, 0) is 23.0 Å². The monoisotopic (exact) mass is 309 g/mol. The van der Waals surface area contributed by atoms with Crippen molar-refractivity contribution in [3.8, 4) is 0 Å². The largest absolute Gasteiger partial charge is 0.329 e. The van der Waals surface area contributed by atoms with Crippen molar-refractivity contribution >= 4 is 10.0 Å². The molecule has 2 heterocycles. The Morgan fingerprint density at radius 1 is 1.33 bits per heavy atom. The normalized spacial score (nSPS) is 12.0. The molecule has 0 spiro atoms. The van der Waals surface area contributed by atoms with Gasteiger partial charge in [0.05, 0.1) is 12.7 Å². The van der Waals surface area contributed by atoms with E-state index in [1.807, 2.05) is 12.1 Å². The van der Waals surface area contributed by atoms with Crippen molar-refractivity contribution in [2.75, 3.05) is 20.1 Å². The van der Waals surface area contributed by atoms with Gasteiger partial charge in [0, 0.05) is 38.7 Å². The summed E-state index contributed by atoms with van der Waals surface area (Å²) in [7, 11) is -1.95. The molecule has 0 radical (unpaired) electrons. The minimum Gasteiger partial charge on any atom is -0.329 e. The Morgan fingerprint density at radius 3 is 2.71 bits per heavy atom. The van der Waals surface area contributed by atoms with E-state index in [-0.39, 0.29) is 4.90 Å². The summed E-state index contributed by atoms with van der Waals surface area (Å²) in [5.41, 5.74) is 6.47. The molecule has 0 amide bonds. The van der Waals surface area contributed by atoms with E-state index >= 15 is 0 Å². The molecule has 21 heavy (non-hydrogen) atoms.